The molecule has 3 atom stereocenters. The van der Waals surface area contributed by atoms with Crippen LogP contribution in [0.5, 0.6) is 0 Å². The zero-order valence-corrected chi connectivity index (χ0v) is 11.8. The number of hydroxylamine groups is 4. The van der Waals surface area contributed by atoms with Crippen LogP contribution in [-0.4, -0.2) is 32.6 Å². The predicted octanol–water partition coefficient (Wildman–Crippen LogP) is 3.70. The molecule has 3 rings (SSSR count). The van der Waals surface area contributed by atoms with E-state index in [0.29, 0.717) is 15.6 Å². The van der Waals surface area contributed by atoms with Gasteiger partial charge in [0.1, 0.15) is 6.17 Å². The van der Waals surface area contributed by atoms with Crippen molar-refractivity contribution >= 4 is 23.2 Å². The SMILES string of the molecule is ON1C(c2ccc(Cl)cc2Cl)N(O)[C@H]2CCCC[C@H]21. The average Bonchev–Trinajstić information content (AvgIpc) is 2.64. The highest BCUT2D eigenvalue weighted by molar-refractivity contribution is 6.35. The number of benzene rings is 1. The van der Waals surface area contributed by atoms with Crippen LogP contribution >= 0.6 is 23.2 Å². The van der Waals surface area contributed by atoms with Crippen molar-refractivity contribution in [2.24, 2.45) is 0 Å². The van der Waals surface area contributed by atoms with Crippen molar-refractivity contribution in [3.05, 3.63) is 33.8 Å². The first-order valence-electron chi connectivity index (χ1n) is 6.49. The van der Waals surface area contributed by atoms with Gasteiger partial charge in [-0.05, 0) is 25.0 Å². The Labute approximate surface area is 122 Å². The maximum Gasteiger partial charge on any atom is 0.137 e. The molecule has 1 aromatic rings. The van der Waals surface area contributed by atoms with Crippen molar-refractivity contribution in [3.63, 3.8) is 0 Å². The van der Waals surface area contributed by atoms with E-state index in [2.05, 4.69) is 0 Å². The van der Waals surface area contributed by atoms with Crippen molar-refractivity contribution in [1.29, 1.82) is 0 Å². The molecule has 2 fully saturated rings. The van der Waals surface area contributed by atoms with Gasteiger partial charge in [0.15, 0.2) is 0 Å². The number of nitrogens with zero attached hydrogens (tertiary/aromatic N) is 2. The molecule has 4 nitrogen and oxygen atoms in total. The molecule has 2 aliphatic rings. The van der Waals surface area contributed by atoms with Gasteiger partial charge in [-0.15, -0.1) is 0 Å². The Bertz CT molecular complexity index is 468. The maximum absolute atomic E-state index is 10.3. The summed E-state index contributed by atoms with van der Waals surface area (Å²) in [6.45, 7) is 0. The topological polar surface area (TPSA) is 46.9 Å². The van der Waals surface area contributed by atoms with Gasteiger partial charge in [-0.2, -0.15) is 10.1 Å². The Balaban J connectivity index is 1.95. The second-order valence-corrected chi connectivity index (χ2v) is 6.06. The summed E-state index contributed by atoms with van der Waals surface area (Å²) in [7, 11) is 0. The summed E-state index contributed by atoms with van der Waals surface area (Å²) in [5.74, 6) is 0. The number of fused-ring (bicyclic) bond motifs is 1. The summed E-state index contributed by atoms with van der Waals surface area (Å²) < 4.78 is 0. The highest BCUT2D eigenvalue weighted by Crippen LogP contribution is 2.43. The minimum atomic E-state index is -0.613. The van der Waals surface area contributed by atoms with E-state index in [0.717, 1.165) is 25.7 Å². The van der Waals surface area contributed by atoms with Crippen LogP contribution in [0.25, 0.3) is 0 Å². The zero-order valence-electron chi connectivity index (χ0n) is 10.3. The number of hydrogen-bond acceptors (Lipinski definition) is 4. The Hall–Kier alpha value is -0.360. The molecule has 1 aromatic carbocycles. The predicted molar refractivity (Wildman–Crippen MR) is 72.5 cm³/mol. The molecular weight excluding hydrogens is 287 g/mol. The van der Waals surface area contributed by atoms with Gasteiger partial charge in [0.25, 0.3) is 0 Å². The fourth-order valence-corrected chi connectivity index (χ4v) is 3.69. The molecular formula is C13H16Cl2N2O2. The average molecular weight is 303 g/mol. The maximum atomic E-state index is 10.3. The van der Waals surface area contributed by atoms with E-state index in [-0.39, 0.29) is 12.1 Å². The molecule has 0 amide bonds. The highest BCUT2D eigenvalue weighted by atomic mass is 35.5. The first-order valence-corrected chi connectivity index (χ1v) is 7.24. The third-order valence-electron chi connectivity index (χ3n) is 4.12. The van der Waals surface area contributed by atoms with E-state index in [4.69, 9.17) is 23.2 Å². The largest absolute Gasteiger partial charge is 0.312 e. The van der Waals surface area contributed by atoms with Crippen LogP contribution in [0.2, 0.25) is 10.0 Å². The monoisotopic (exact) mass is 302 g/mol. The summed E-state index contributed by atoms with van der Waals surface area (Å²) in [5, 5.41) is 24.1. The lowest BCUT2D eigenvalue weighted by Crippen LogP contribution is -2.37. The lowest BCUT2D eigenvalue weighted by Gasteiger charge is -2.27. The summed E-state index contributed by atoms with van der Waals surface area (Å²) in [4.78, 5) is 0. The quantitative estimate of drug-likeness (QED) is 0.830. The Morgan fingerprint density at radius 1 is 1.00 bits per heavy atom. The van der Waals surface area contributed by atoms with Crippen LogP contribution in [-0.2, 0) is 0 Å². The lowest BCUT2D eigenvalue weighted by molar-refractivity contribution is -0.211. The van der Waals surface area contributed by atoms with Crippen LogP contribution in [0.4, 0.5) is 0 Å². The molecule has 1 aliphatic carbocycles. The second kappa shape index (κ2) is 5.20. The summed E-state index contributed by atoms with van der Waals surface area (Å²) in [5.41, 5.74) is 0.672. The van der Waals surface area contributed by atoms with E-state index in [1.807, 2.05) is 0 Å². The molecule has 0 spiro atoms. The fraction of sp³-hybridized carbons (Fsp3) is 0.538. The third-order valence-corrected chi connectivity index (χ3v) is 4.68. The van der Waals surface area contributed by atoms with Gasteiger partial charge in [0.05, 0.1) is 12.1 Å². The molecule has 1 heterocycles. The minimum Gasteiger partial charge on any atom is -0.312 e. The fourth-order valence-electron chi connectivity index (χ4n) is 3.19. The van der Waals surface area contributed by atoms with Gasteiger partial charge in [-0.25, -0.2) is 0 Å². The normalized spacial score (nSPS) is 32.5. The smallest absolute Gasteiger partial charge is 0.137 e. The third kappa shape index (κ3) is 2.27. The molecule has 2 N–H and O–H groups in total. The van der Waals surface area contributed by atoms with Gasteiger partial charge in [-0.3, -0.25) is 0 Å². The van der Waals surface area contributed by atoms with E-state index in [1.165, 1.54) is 10.1 Å². The van der Waals surface area contributed by atoms with Gasteiger partial charge < -0.3 is 10.4 Å². The van der Waals surface area contributed by atoms with E-state index in [1.54, 1.807) is 18.2 Å². The van der Waals surface area contributed by atoms with Crippen molar-refractivity contribution in [1.82, 2.24) is 10.1 Å². The first kappa shape index (κ1) is 13.6. The number of halogens is 2. The van der Waals surface area contributed by atoms with Crippen molar-refractivity contribution in [2.45, 2.75) is 43.9 Å². The summed E-state index contributed by atoms with van der Waals surface area (Å²) in [6.07, 6.45) is 3.32. The molecule has 1 aliphatic heterocycles. The van der Waals surface area contributed by atoms with Gasteiger partial charge in [-0.1, -0.05) is 42.1 Å². The van der Waals surface area contributed by atoms with Gasteiger partial charge in [0.2, 0.25) is 0 Å². The van der Waals surface area contributed by atoms with Crippen molar-refractivity contribution in [3.8, 4) is 0 Å². The van der Waals surface area contributed by atoms with E-state index >= 15 is 0 Å². The van der Waals surface area contributed by atoms with E-state index in [9.17, 15) is 10.4 Å². The lowest BCUT2D eigenvalue weighted by atomic mass is 9.91. The Morgan fingerprint density at radius 2 is 1.58 bits per heavy atom. The molecule has 1 saturated heterocycles. The molecule has 1 saturated carbocycles. The van der Waals surface area contributed by atoms with Crippen LogP contribution < -0.4 is 0 Å². The number of hydrogen-bond donors (Lipinski definition) is 2. The zero-order chi connectivity index (χ0) is 13.6. The van der Waals surface area contributed by atoms with Crippen LogP contribution in [0.1, 0.15) is 37.4 Å². The Kier molecular flexibility index (Phi) is 3.73. The summed E-state index contributed by atoms with van der Waals surface area (Å²) in [6, 6.07) is 5.03. The first-order chi connectivity index (χ1) is 9.09. The summed E-state index contributed by atoms with van der Waals surface area (Å²) >= 11 is 12.1. The van der Waals surface area contributed by atoms with Crippen molar-refractivity contribution < 1.29 is 10.4 Å². The molecule has 104 valence electrons. The second-order valence-electron chi connectivity index (χ2n) is 5.22. The molecule has 1 unspecified atom stereocenters. The standard InChI is InChI=1S/C13H16Cl2N2O2/c14-8-5-6-9(10(15)7-8)13-16(18)11-3-1-2-4-12(11)17(13)19/h5-7,11-13,18-19H,1-4H2/t11-,12+,13?. The Morgan fingerprint density at radius 3 is 2.11 bits per heavy atom. The molecule has 0 bridgehead atoms. The van der Waals surface area contributed by atoms with Crippen LogP contribution in [0.3, 0.4) is 0 Å². The van der Waals surface area contributed by atoms with Crippen molar-refractivity contribution in [2.75, 3.05) is 0 Å². The molecule has 6 heteroatoms. The molecule has 19 heavy (non-hydrogen) atoms. The minimum absolute atomic E-state index is 0.0319. The van der Waals surface area contributed by atoms with Gasteiger partial charge in [0, 0.05) is 15.6 Å². The van der Waals surface area contributed by atoms with Crippen LogP contribution in [0, 0.1) is 0 Å². The number of rotatable bonds is 1. The van der Waals surface area contributed by atoms with Gasteiger partial charge >= 0.3 is 0 Å². The van der Waals surface area contributed by atoms with Crippen LogP contribution in [0.15, 0.2) is 18.2 Å². The highest BCUT2D eigenvalue weighted by Gasteiger charge is 2.48. The molecule has 0 aromatic heterocycles. The van der Waals surface area contributed by atoms with E-state index < -0.39 is 6.17 Å². The molecule has 0 radical (unpaired) electrons.